The van der Waals surface area contributed by atoms with Crippen molar-refractivity contribution in [1.82, 2.24) is 0 Å². The van der Waals surface area contributed by atoms with Crippen LogP contribution in [0.15, 0.2) is 24.2 Å². The smallest absolute Gasteiger partial charge is 0.127 e. The number of allylic oxidation sites excluding steroid dienone is 3. The molecule has 2 heterocycles. The van der Waals surface area contributed by atoms with E-state index >= 15 is 0 Å². The quantitative estimate of drug-likeness (QED) is 0.218. The summed E-state index contributed by atoms with van der Waals surface area (Å²) in [7, 11) is -1.17. The third kappa shape index (κ3) is 4.54. The van der Waals surface area contributed by atoms with Crippen molar-refractivity contribution in [3.05, 3.63) is 24.2 Å². The second-order valence-electron chi connectivity index (χ2n) is 8.61. The summed E-state index contributed by atoms with van der Waals surface area (Å²) in [6.07, 6.45) is 15.6. The van der Waals surface area contributed by atoms with E-state index in [-0.39, 0.29) is 0 Å². The van der Waals surface area contributed by atoms with Crippen LogP contribution in [0.3, 0.4) is 0 Å². The molecule has 2 fully saturated rings. The van der Waals surface area contributed by atoms with Gasteiger partial charge in [-0.3, -0.25) is 0 Å². The van der Waals surface area contributed by atoms with Gasteiger partial charge in [0.25, 0.3) is 0 Å². The first-order valence-electron chi connectivity index (χ1n) is 9.36. The van der Waals surface area contributed by atoms with E-state index in [2.05, 4.69) is 38.4 Å². The van der Waals surface area contributed by atoms with Gasteiger partial charge in [0.1, 0.15) is 0 Å². The molecule has 2 bridgehead atoms. The number of fused-ring (bicyclic) bond motifs is 3. The van der Waals surface area contributed by atoms with Gasteiger partial charge in [-0.15, -0.1) is 18.2 Å². The van der Waals surface area contributed by atoms with Crippen LogP contribution in [0.5, 0.6) is 0 Å². The molecule has 124 valence electrons. The fraction of sp³-hybridized carbons (Fsp3) is 0.789. The van der Waals surface area contributed by atoms with Crippen molar-refractivity contribution >= 4 is 26.4 Å². The average molecular weight is 337 g/mol. The van der Waals surface area contributed by atoms with Crippen LogP contribution in [0.25, 0.3) is 0 Å². The molecule has 1 unspecified atom stereocenters. The number of unbranched alkanes of at least 4 members (excludes halogenated alkanes) is 1. The Morgan fingerprint density at radius 3 is 2.36 bits per heavy atom. The minimum absolute atomic E-state index is 0.758. The Morgan fingerprint density at radius 2 is 1.82 bits per heavy atom. The Kier molecular flexibility index (Phi) is 6.89. The first kappa shape index (κ1) is 18.4. The Morgan fingerprint density at radius 1 is 1.18 bits per heavy atom. The van der Waals surface area contributed by atoms with Gasteiger partial charge in [0.15, 0.2) is 6.71 Å². The van der Waals surface area contributed by atoms with Gasteiger partial charge in [-0.1, -0.05) is 87.0 Å². The lowest BCUT2D eigenvalue weighted by atomic mass is 9.33. The van der Waals surface area contributed by atoms with Crippen LogP contribution in [0.2, 0.25) is 30.9 Å². The van der Waals surface area contributed by atoms with Gasteiger partial charge in [0, 0.05) is 14.0 Å². The fourth-order valence-electron chi connectivity index (χ4n) is 5.20. The molecular weight excluding hydrogens is 303 g/mol. The Hall–Kier alpha value is 0.0518. The predicted molar refractivity (Wildman–Crippen MR) is 106 cm³/mol. The molecule has 0 aliphatic carbocycles. The van der Waals surface area contributed by atoms with Gasteiger partial charge in [-0.25, -0.2) is 0 Å². The second kappa shape index (κ2) is 8.24. The highest BCUT2D eigenvalue weighted by atomic mass is 35.5. The zero-order valence-corrected chi connectivity index (χ0v) is 16.7. The largest absolute Gasteiger partial charge is 0.178 e. The van der Waals surface area contributed by atoms with E-state index in [1.807, 2.05) is 0 Å². The summed E-state index contributed by atoms with van der Waals surface area (Å²) in [6.45, 7) is 13.1. The van der Waals surface area contributed by atoms with Crippen molar-refractivity contribution in [1.29, 1.82) is 0 Å². The summed E-state index contributed by atoms with van der Waals surface area (Å²) < 4.78 is 0. The van der Waals surface area contributed by atoms with Crippen LogP contribution < -0.4 is 0 Å². The lowest BCUT2D eigenvalue weighted by Crippen LogP contribution is -2.44. The van der Waals surface area contributed by atoms with Crippen LogP contribution in [0, 0.1) is 5.92 Å². The van der Waals surface area contributed by atoms with E-state index in [9.17, 15) is 0 Å². The van der Waals surface area contributed by atoms with Gasteiger partial charge in [0.05, 0.1) is 0 Å². The molecular formula is C19H34BClSi. The Bertz CT molecular complexity index is 389. The maximum atomic E-state index is 5.79. The third-order valence-electron chi connectivity index (χ3n) is 5.97. The minimum Gasteiger partial charge on any atom is -0.127 e. The second-order valence-corrected chi connectivity index (χ2v) is 14.4. The molecule has 2 aliphatic heterocycles. The molecule has 2 saturated heterocycles. The molecule has 0 nitrogen and oxygen atoms in total. The van der Waals surface area contributed by atoms with Gasteiger partial charge < -0.3 is 0 Å². The Balaban J connectivity index is 2.22. The van der Waals surface area contributed by atoms with Crippen LogP contribution in [-0.4, -0.2) is 20.7 Å². The predicted octanol–water partition coefficient (Wildman–Crippen LogP) is 6.75. The lowest BCUT2D eigenvalue weighted by molar-refractivity contribution is 0.411. The van der Waals surface area contributed by atoms with Crippen molar-refractivity contribution in [2.75, 3.05) is 5.88 Å². The highest BCUT2D eigenvalue weighted by molar-refractivity contribution is 6.92. The highest BCUT2D eigenvalue weighted by Crippen LogP contribution is 2.51. The topological polar surface area (TPSA) is 0 Å². The molecule has 0 aromatic rings. The molecule has 0 amide bonds. The van der Waals surface area contributed by atoms with E-state index in [0.29, 0.717) is 0 Å². The van der Waals surface area contributed by atoms with Gasteiger partial charge >= 0.3 is 0 Å². The molecule has 1 atom stereocenters. The maximum Gasteiger partial charge on any atom is 0.178 e. The SMILES string of the molecule is C=C(/C=C/CCCCl)B1C2CCCC(CCC2)C1[Si](C)(C)C. The van der Waals surface area contributed by atoms with E-state index in [1.165, 1.54) is 44.0 Å². The summed E-state index contributed by atoms with van der Waals surface area (Å²) in [6, 6.07) is 0. The summed E-state index contributed by atoms with van der Waals surface area (Å²) in [5.74, 6) is 2.63. The number of hydrogen-bond donors (Lipinski definition) is 0. The van der Waals surface area contributed by atoms with Crippen molar-refractivity contribution in [3.63, 3.8) is 0 Å². The van der Waals surface area contributed by atoms with Crippen LogP contribution in [-0.2, 0) is 0 Å². The van der Waals surface area contributed by atoms with E-state index in [1.54, 1.807) is 0 Å². The van der Waals surface area contributed by atoms with Gasteiger partial charge in [-0.2, -0.15) is 0 Å². The molecule has 0 radical (unpaired) electrons. The molecule has 3 heteroatoms. The molecule has 0 N–H and O–H groups in total. The summed E-state index contributed by atoms with van der Waals surface area (Å²) in [5, 5.41) is 0. The number of halogens is 1. The number of alkyl halides is 1. The summed E-state index contributed by atoms with van der Waals surface area (Å²) >= 11 is 5.79. The molecule has 2 rings (SSSR count). The maximum absolute atomic E-state index is 5.79. The molecule has 22 heavy (non-hydrogen) atoms. The van der Waals surface area contributed by atoms with Crippen molar-refractivity contribution in [2.45, 2.75) is 82.3 Å². The van der Waals surface area contributed by atoms with E-state index in [4.69, 9.17) is 11.6 Å². The third-order valence-corrected chi connectivity index (χ3v) is 9.06. The number of rotatable bonds is 6. The van der Waals surface area contributed by atoms with E-state index < -0.39 is 8.07 Å². The average Bonchev–Trinajstić information content (AvgIpc) is 2.71. The zero-order valence-electron chi connectivity index (χ0n) is 14.9. The molecule has 0 saturated carbocycles. The van der Waals surface area contributed by atoms with Crippen LogP contribution in [0.1, 0.15) is 51.4 Å². The zero-order chi connectivity index (χ0) is 16.2. The standard InChI is InChI=1S/C19H34BClSi/c1-16(10-6-5-7-15-21)20-18-13-8-11-17(12-9-14-18)19(20)22(2,3)4/h6,10,17-19H,1,5,7-9,11-15H2,2-4H3/b10-6+. The monoisotopic (exact) mass is 336 g/mol. The van der Waals surface area contributed by atoms with E-state index in [0.717, 1.165) is 42.6 Å². The van der Waals surface area contributed by atoms with Gasteiger partial charge in [0.2, 0.25) is 0 Å². The highest BCUT2D eigenvalue weighted by Gasteiger charge is 2.47. The van der Waals surface area contributed by atoms with Crippen LogP contribution >= 0.6 is 11.6 Å². The van der Waals surface area contributed by atoms with Crippen LogP contribution in [0.4, 0.5) is 0 Å². The fourth-order valence-corrected chi connectivity index (χ4v) is 8.66. The number of hydrogen-bond acceptors (Lipinski definition) is 0. The first-order valence-corrected chi connectivity index (χ1v) is 13.5. The van der Waals surface area contributed by atoms with Crippen molar-refractivity contribution < 1.29 is 0 Å². The van der Waals surface area contributed by atoms with Crippen molar-refractivity contribution in [2.24, 2.45) is 5.92 Å². The summed E-state index contributed by atoms with van der Waals surface area (Å²) in [5.41, 5.74) is 2.37. The molecule has 2 aliphatic rings. The van der Waals surface area contributed by atoms with Gasteiger partial charge in [-0.05, 0) is 18.8 Å². The first-order chi connectivity index (χ1) is 10.4. The molecule has 0 spiro atoms. The molecule has 0 aromatic carbocycles. The molecule has 0 aromatic heterocycles. The Labute approximate surface area is 144 Å². The summed E-state index contributed by atoms with van der Waals surface area (Å²) in [4.78, 5) is 0. The normalized spacial score (nSPS) is 29.6. The van der Waals surface area contributed by atoms with Crippen molar-refractivity contribution in [3.8, 4) is 0 Å². The minimum atomic E-state index is -1.17. The lowest BCUT2D eigenvalue weighted by Gasteiger charge is -2.39.